The quantitative estimate of drug-likeness (QED) is 0.533. The zero-order valence-corrected chi connectivity index (χ0v) is 20.4. The molecule has 2 N–H and O–H groups in total. The van der Waals surface area contributed by atoms with E-state index in [-0.39, 0.29) is 25.3 Å². The topological polar surface area (TPSA) is 106 Å². The highest BCUT2D eigenvalue weighted by atomic mass is 16.7. The van der Waals surface area contributed by atoms with Crippen LogP contribution >= 0.6 is 0 Å². The highest BCUT2D eigenvalue weighted by Gasteiger charge is 2.48. The SMILES string of the molecule is COc1ccc([C@H](NC(=O)CN2C(=O)N[C@](C)(CCc3ccc4c(c3)OCO4)C2=O)C(C)C)cc1. The number of amides is 4. The minimum Gasteiger partial charge on any atom is -0.497 e. The van der Waals surface area contributed by atoms with Crippen molar-refractivity contribution in [3.05, 3.63) is 53.6 Å². The van der Waals surface area contributed by atoms with Gasteiger partial charge in [-0.15, -0.1) is 0 Å². The normalized spacial score (nSPS) is 19.6. The Hall–Kier alpha value is -3.75. The summed E-state index contributed by atoms with van der Waals surface area (Å²) in [5.41, 5.74) is 0.786. The number of benzene rings is 2. The molecule has 4 rings (SSSR count). The molecule has 186 valence electrons. The van der Waals surface area contributed by atoms with E-state index in [2.05, 4.69) is 10.6 Å². The van der Waals surface area contributed by atoms with Crippen molar-refractivity contribution in [2.45, 2.75) is 45.2 Å². The van der Waals surface area contributed by atoms with Gasteiger partial charge in [0.25, 0.3) is 5.91 Å². The van der Waals surface area contributed by atoms with Crippen molar-refractivity contribution in [2.24, 2.45) is 5.92 Å². The lowest BCUT2D eigenvalue weighted by Crippen LogP contribution is -2.46. The average Bonchev–Trinajstić information content (AvgIpc) is 3.39. The van der Waals surface area contributed by atoms with Crippen LogP contribution in [0.2, 0.25) is 0 Å². The summed E-state index contributed by atoms with van der Waals surface area (Å²) in [5, 5.41) is 5.73. The second kappa shape index (κ2) is 9.85. The first kappa shape index (κ1) is 24.4. The number of ether oxygens (including phenoxy) is 3. The monoisotopic (exact) mass is 481 g/mol. The molecular formula is C26H31N3O6. The van der Waals surface area contributed by atoms with Crippen LogP contribution in [0.5, 0.6) is 17.2 Å². The Labute approximate surface area is 204 Å². The molecule has 0 aliphatic carbocycles. The number of fused-ring (bicyclic) bond motifs is 1. The second-order valence-electron chi connectivity index (χ2n) is 9.40. The molecule has 2 aliphatic heterocycles. The van der Waals surface area contributed by atoms with Crippen LogP contribution in [0.4, 0.5) is 4.79 Å². The van der Waals surface area contributed by atoms with Crippen LogP contribution in [0.1, 0.15) is 44.4 Å². The molecule has 2 heterocycles. The molecular weight excluding hydrogens is 450 g/mol. The number of methoxy groups -OCH3 is 1. The van der Waals surface area contributed by atoms with Crippen molar-refractivity contribution >= 4 is 17.8 Å². The third kappa shape index (κ3) is 5.18. The Bertz CT molecular complexity index is 1120. The van der Waals surface area contributed by atoms with Gasteiger partial charge in [0.15, 0.2) is 11.5 Å². The highest BCUT2D eigenvalue weighted by Crippen LogP contribution is 2.33. The number of aryl methyl sites for hydroxylation is 1. The molecule has 0 unspecified atom stereocenters. The fraction of sp³-hybridized carbons (Fsp3) is 0.423. The first-order valence-electron chi connectivity index (χ1n) is 11.7. The van der Waals surface area contributed by atoms with Gasteiger partial charge >= 0.3 is 6.03 Å². The first-order valence-corrected chi connectivity index (χ1v) is 11.7. The predicted octanol–water partition coefficient (Wildman–Crippen LogP) is 3.18. The third-order valence-electron chi connectivity index (χ3n) is 6.46. The lowest BCUT2D eigenvalue weighted by molar-refractivity contribution is -0.135. The average molecular weight is 482 g/mol. The number of carbonyl (C=O) groups is 3. The molecule has 2 aromatic rings. The molecule has 1 saturated heterocycles. The minimum atomic E-state index is -1.10. The number of nitrogens with one attached hydrogen (secondary N) is 2. The van der Waals surface area contributed by atoms with Gasteiger partial charge in [0, 0.05) is 0 Å². The van der Waals surface area contributed by atoms with Gasteiger partial charge in [0.05, 0.1) is 13.2 Å². The van der Waals surface area contributed by atoms with E-state index >= 15 is 0 Å². The summed E-state index contributed by atoms with van der Waals surface area (Å²) in [6.45, 7) is 5.53. The Balaban J connectivity index is 1.38. The zero-order valence-electron chi connectivity index (χ0n) is 20.4. The number of carbonyl (C=O) groups excluding carboxylic acids is 3. The van der Waals surface area contributed by atoms with Crippen LogP contribution in [0.3, 0.4) is 0 Å². The lowest BCUT2D eigenvalue weighted by atomic mass is 9.93. The van der Waals surface area contributed by atoms with Gasteiger partial charge in [-0.05, 0) is 61.1 Å². The van der Waals surface area contributed by atoms with Crippen LogP contribution in [0, 0.1) is 5.92 Å². The van der Waals surface area contributed by atoms with Crippen LogP contribution in [0.15, 0.2) is 42.5 Å². The number of rotatable bonds is 9. The largest absolute Gasteiger partial charge is 0.497 e. The van der Waals surface area contributed by atoms with Crippen molar-refractivity contribution < 1.29 is 28.6 Å². The van der Waals surface area contributed by atoms with Gasteiger partial charge in [-0.25, -0.2) is 4.79 Å². The molecule has 0 radical (unpaired) electrons. The van der Waals surface area contributed by atoms with Gasteiger partial charge in [0.1, 0.15) is 17.8 Å². The summed E-state index contributed by atoms with van der Waals surface area (Å²) < 4.78 is 15.9. The lowest BCUT2D eigenvalue weighted by Gasteiger charge is -2.25. The van der Waals surface area contributed by atoms with Crippen LogP contribution in [-0.2, 0) is 16.0 Å². The van der Waals surface area contributed by atoms with Crippen LogP contribution in [0.25, 0.3) is 0 Å². The van der Waals surface area contributed by atoms with Crippen molar-refractivity contribution in [1.82, 2.24) is 15.5 Å². The maximum atomic E-state index is 13.1. The van der Waals surface area contributed by atoms with E-state index in [1.807, 2.05) is 56.3 Å². The van der Waals surface area contributed by atoms with E-state index in [1.54, 1.807) is 14.0 Å². The summed E-state index contributed by atoms with van der Waals surface area (Å²) in [6, 6.07) is 12.2. The summed E-state index contributed by atoms with van der Waals surface area (Å²) >= 11 is 0. The highest BCUT2D eigenvalue weighted by molar-refractivity contribution is 6.08. The first-order chi connectivity index (χ1) is 16.7. The van der Waals surface area contributed by atoms with E-state index in [9.17, 15) is 14.4 Å². The maximum Gasteiger partial charge on any atom is 0.325 e. The Morgan fingerprint density at radius 3 is 2.54 bits per heavy atom. The predicted molar refractivity (Wildman–Crippen MR) is 128 cm³/mol. The molecule has 2 aromatic carbocycles. The number of imide groups is 1. The van der Waals surface area contributed by atoms with Gasteiger partial charge < -0.3 is 24.8 Å². The van der Waals surface area contributed by atoms with Crippen molar-refractivity contribution in [1.29, 1.82) is 0 Å². The van der Waals surface area contributed by atoms with Gasteiger partial charge in [-0.1, -0.05) is 32.0 Å². The zero-order chi connectivity index (χ0) is 25.2. The Morgan fingerprint density at radius 1 is 1.14 bits per heavy atom. The summed E-state index contributed by atoms with van der Waals surface area (Å²) in [6.07, 6.45) is 0.932. The molecule has 2 atom stereocenters. The van der Waals surface area contributed by atoms with Crippen molar-refractivity contribution in [2.75, 3.05) is 20.4 Å². The van der Waals surface area contributed by atoms with E-state index in [1.165, 1.54) is 0 Å². The Morgan fingerprint density at radius 2 is 1.86 bits per heavy atom. The van der Waals surface area contributed by atoms with Gasteiger partial charge in [0.2, 0.25) is 12.7 Å². The second-order valence-corrected chi connectivity index (χ2v) is 9.40. The van der Waals surface area contributed by atoms with Crippen LogP contribution in [-0.4, -0.2) is 48.7 Å². The summed E-state index contributed by atoms with van der Waals surface area (Å²) in [5.74, 6) is 1.37. The van der Waals surface area contributed by atoms with E-state index in [4.69, 9.17) is 14.2 Å². The molecule has 0 bridgehead atoms. The van der Waals surface area contributed by atoms with E-state index < -0.39 is 23.4 Å². The number of hydrogen-bond donors (Lipinski definition) is 2. The number of hydrogen-bond acceptors (Lipinski definition) is 6. The fourth-order valence-corrected chi connectivity index (χ4v) is 4.36. The molecule has 35 heavy (non-hydrogen) atoms. The third-order valence-corrected chi connectivity index (χ3v) is 6.46. The summed E-state index contributed by atoms with van der Waals surface area (Å²) in [4.78, 5) is 39.6. The minimum absolute atomic E-state index is 0.0995. The van der Waals surface area contributed by atoms with Crippen molar-refractivity contribution in [3.63, 3.8) is 0 Å². The molecule has 0 saturated carbocycles. The van der Waals surface area contributed by atoms with Gasteiger partial charge in [-0.2, -0.15) is 0 Å². The molecule has 1 fully saturated rings. The molecule has 9 heteroatoms. The Kier molecular flexibility index (Phi) is 6.86. The molecule has 9 nitrogen and oxygen atoms in total. The van der Waals surface area contributed by atoms with E-state index in [0.717, 1.165) is 21.8 Å². The molecule has 0 aromatic heterocycles. The number of urea groups is 1. The number of nitrogens with zero attached hydrogens (tertiary/aromatic N) is 1. The summed E-state index contributed by atoms with van der Waals surface area (Å²) in [7, 11) is 1.59. The molecule has 0 spiro atoms. The molecule has 2 aliphatic rings. The van der Waals surface area contributed by atoms with Crippen molar-refractivity contribution in [3.8, 4) is 17.2 Å². The fourth-order valence-electron chi connectivity index (χ4n) is 4.36. The molecule has 4 amide bonds. The van der Waals surface area contributed by atoms with Gasteiger partial charge in [-0.3, -0.25) is 14.5 Å². The van der Waals surface area contributed by atoms with E-state index in [0.29, 0.717) is 24.3 Å². The maximum absolute atomic E-state index is 13.1. The smallest absolute Gasteiger partial charge is 0.325 e. The van der Waals surface area contributed by atoms with Crippen LogP contribution < -0.4 is 24.8 Å². The standard InChI is InChI=1S/C26H31N3O6/c1-16(2)23(18-6-8-19(33-4)9-7-18)27-22(30)14-29-24(31)26(3,28-25(29)32)12-11-17-5-10-20-21(13-17)35-15-34-20/h5-10,13,16,23H,11-12,14-15H2,1-4H3,(H,27,30)(H,28,32)/t23-,26-/m1/s1.